The number of carbonyl (C=O) groups is 4. The molecule has 0 aromatic heterocycles. The summed E-state index contributed by atoms with van der Waals surface area (Å²) in [7, 11) is 0. The van der Waals surface area contributed by atoms with Crippen LogP contribution in [0.25, 0.3) is 0 Å². The number of β-lactam (4-membered cyclic amide) rings is 1. The molecule has 10 heteroatoms. The third-order valence-electron chi connectivity index (χ3n) is 4.99. The van der Waals surface area contributed by atoms with Crippen molar-refractivity contribution in [2.45, 2.75) is 49.7 Å². The maximum Gasteiger partial charge on any atom is 0.251 e. The molecule has 25 heavy (non-hydrogen) atoms. The Hall–Kier alpha value is -2.20. The first-order chi connectivity index (χ1) is 11.7. The van der Waals surface area contributed by atoms with Gasteiger partial charge in [-0.15, -0.1) is 0 Å². The van der Waals surface area contributed by atoms with Crippen LogP contribution in [0.1, 0.15) is 32.1 Å². The molecule has 1 spiro atoms. The van der Waals surface area contributed by atoms with Gasteiger partial charge in [0.15, 0.2) is 0 Å². The molecular formula is C15H25N5O5. The van der Waals surface area contributed by atoms with Crippen molar-refractivity contribution >= 4 is 23.6 Å². The molecule has 140 valence electrons. The largest absolute Gasteiger partial charge is 0.394 e. The van der Waals surface area contributed by atoms with Gasteiger partial charge in [0.25, 0.3) is 5.91 Å². The third-order valence-corrected chi connectivity index (χ3v) is 4.99. The second-order valence-electron chi connectivity index (χ2n) is 6.62. The zero-order valence-corrected chi connectivity index (χ0v) is 14.0. The minimum Gasteiger partial charge on any atom is -0.394 e. The van der Waals surface area contributed by atoms with Gasteiger partial charge in [0.2, 0.25) is 17.7 Å². The van der Waals surface area contributed by atoms with Crippen molar-refractivity contribution in [3.63, 3.8) is 0 Å². The van der Waals surface area contributed by atoms with Crippen molar-refractivity contribution in [3.8, 4) is 0 Å². The van der Waals surface area contributed by atoms with Crippen molar-refractivity contribution in [1.29, 1.82) is 0 Å². The van der Waals surface area contributed by atoms with Gasteiger partial charge in [-0.3, -0.25) is 19.2 Å². The summed E-state index contributed by atoms with van der Waals surface area (Å²) < 4.78 is 0. The summed E-state index contributed by atoms with van der Waals surface area (Å²) in [6.07, 6.45) is 2.07. The summed E-state index contributed by atoms with van der Waals surface area (Å²) in [5, 5.41) is 9.28. The maximum absolute atomic E-state index is 12.7. The zero-order valence-electron chi connectivity index (χ0n) is 14.0. The number of nitrogens with two attached hydrogens (primary N) is 3. The number of carbonyl (C=O) groups excluding carboxylic acids is 4. The number of hydrogen-bond donors (Lipinski definition) is 4. The molecule has 2 fully saturated rings. The number of aliphatic hydroxyl groups excluding tert-OH is 1. The molecule has 10 nitrogen and oxygen atoms in total. The fourth-order valence-corrected chi connectivity index (χ4v) is 3.56. The summed E-state index contributed by atoms with van der Waals surface area (Å²) in [5.41, 5.74) is 15.1. The van der Waals surface area contributed by atoms with Crippen LogP contribution in [0.3, 0.4) is 0 Å². The average molecular weight is 355 g/mol. The van der Waals surface area contributed by atoms with Gasteiger partial charge in [0.1, 0.15) is 11.6 Å². The first kappa shape index (κ1) is 19.1. The Labute approximate surface area is 145 Å². The number of amides is 4. The Kier molecular flexibility index (Phi) is 5.63. The molecule has 4 amide bonds. The average Bonchev–Trinajstić information content (AvgIpc) is 2.58. The predicted molar refractivity (Wildman–Crippen MR) is 86.5 cm³/mol. The molecule has 2 rings (SSSR count). The van der Waals surface area contributed by atoms with Crippen LogP contribution in [0.2, 0.25) is 0 Å². The van der Waals surface area contributed by atoms with E-state index < -0.39 is 47.9 Å². The van der Waals surface area contributed by atoms with E-state index in [-0.39, 0.29) is 19.4 Å². The van der Waals surface area contributed by atoms with Crippen LogP contribution in [0.5, 0.6) is 0 Å². The second-order valence-corrected chi connectivity index (χ2v) is 6.62. The summed E-state index contributed by atoms with van der Waals surface area (Å²) in [6, 6.07) is -2.02. The van der Waals surface area contributed by atoms with E-state index in [0.717, 1.165) is 12.8 Å². The van der Waals surface area contributed by atoms with E-state index >= 15 is 0 Å². The third kappa shape index (κ3) is 3.45. The van der Waals surface area contributed by atoms with E-state index in [4.69, 9.17) is 17.2 Å². The Morgan fingerprint density at radius 1 is 1.24 bits per heavy atom. The minimum absolute atomic E-state index is 0.0118. The van der Waals surface area contributed by atoms with Crippen molar-refractivity contribution < 1.29 is 24.3 Å². The molecule has 0 aromatic rings. The van der Waals surface area contributed by atoms with Crippen LogP contribution in [-0.4, -0.2) is 75.9 Å². The van der Waals surface area contributed by atoms with Crippen LogP contribution in [0, 0.1) is 0 Å². The number of likely N-dealkylation sites (tertiary alicyclic amines) is 2. The van der Waals surface area contributed by atoms with Crippen molar-refractivity contribution in [3.05, 3.63) is 0 Å². The minimum atomic E-state index is -1.10. The SMILES string of the molecule is NC(=O)CC[C@H](N)C(=O)N1CCCCC12CN([C@@H](CO)C(N)=O)C2=O. The monoisotopic (exact) mass is 355 g/mol. The Morgan fingerprint density at radius 2 is 1.92 bits per heavy atom. The number of hydrogen-bond acceptors (Lipinski definition) is 6. The maximum atomic E-state index is 12.7. The Balaban J connectivity index is 2.13. The molecule has 0 bridgehead atoms. The summed E-state index contributed by atoms with van der Waals surface area (Å²) >= 11 is 0. The van der Waals surface area contributed by atoms with Crippen LogP contribution in [-0.2, 0) is 19.2 Å². The number of piperidine rings is 1. The summed E-state index contributed by atoms with van der Waals surface area (Å²) in [6.45, 7) is -0.0550. The normalized spacial score (nSPS) is 25.4. The molecule has 2 heterocycles. The van der Waals surface area contributed by atoms with Gasteiger partial charge in [-0.25, -0.2) is 0 Å². The molecule has 3 atom stereocenters. The zero-order chi connectivity index (χ0) is 18.8. The van der Waals surface area contributed by atoms with Crippen LogP contribution in [0.15, 0.2) is 0 Å². The van der Waals surface area contributed by atoms with Crippen LogP contribution >= 0.6 is 0 Å². The number of primary amides is 2. The van der Waals surface area contributed by atoms with Gasteiger partial charge in [0, 0.05) is 13.0 Å². The van der Waals surface area contributed by atoms with Crippen molar-refractivity contribution in [1.82, 2.24) is 9.80 Å². The predicted octanol–water partition coefficient (Wildman–Crippen LogP) is -2.98. The van der Waals surface area contributed by atoms with E-state index in [1.807, 2.05) is 0 Å². The van der Waals surface area contributed by atoms with Gasteiger partial charge < -0.3 is 32.1 Å². The van der Waals surface area contributed by atoms with Crippen LogP contribution < -0.4 is 17.2 Å². The molecule has 7 N–H and O–H groups in total. The van der Waals surface area contributed by atoms with Gasteiger partial charge in [-0.05, 0) is 25.7 Å². The second kappa shape index (κ2) is 7.36. The van der Waals surface area contributed by atoms with E-state index in [0.29, 0.717) is 13.0 Å². The van der Waals surface area contributed by atoms with Gasteiger partial charge in [-0.1, -0.05) is 0 Å². The van der Waals surface area contributed by atoms with Gasteiger partial charge >= 0.3 is 0 Å². The van der Waals surface area contributed by atoms with E-state index in [1.165, 1.54) is 9.80 Å². The smallest absolute Gasteiger partial charge is 0.251 e. The quantitative estimate of drug-likeness (QED) is 0.355. The highest BCUT2D eigenvalue weighted by Crippen LogP contribution is 2.39. The van der Waals surface area contributed by atoms with E-state index in [9.17, 15) is 24.3 Å². The molecule has 0 aromatic carbocycles. The fraction of sp³-hybridized carbons (Fsp3) is 0.733. The van der Waals surface area contributed by atoms with Crippen LogP contribution in [0.4, 0.5) is 0 Å². The Bertz CT molecular complexity index is 583. The first-order valence-corrected chi connectivity index (χ1v) is 8.31. The molecule has 0 radical (unpaired) electrons. The lowest BCUT2D eigenvalue weighted by atomic mass is 9.77. The highest BCUT2D eigenvalue weighted by Gasteiger charge is 2.60. The molecule has 2 aliphatic rings. The van der Waals surface area contributed by atoms with Crippen molar-refractivity contribution in [2.75, 3.05) is 19.7 Å². The van der Waals surface area contributed by atoms with E-state index in [2.05, 4.69) is 0 Å². The molecule has 0 saturated carbocycles. The highest BCUT2D eigenvalue weighted by atomic mass is 16.3. The molecule has 2 saturated heterocycles. The summed E-state index contributed by atoms with van der Waals surface area (Å²) in [4.78, 5) is 50.3. The molecular weight excluding hydrogens is 330 g/mol. The molecule has 0 aliphatic carbocycles. The molecule has 1 unspecified atom stereocenters. The first-order valence-electron chi connectivity index (χ1n) is 8.31. The number of nitrogens with zero attached hydrogens (tertiary/aromatic N) is 2. The molecule has 2 aliphatic heterocycles. The fourth-order valence-electron chi connectivity index (χ4n) is 3.56. The lowest BCUT2D eigenvalue weighted by molar-refractivity contribution is -0.182. The lowest BCUT2D eigenvalue weighted by Crippen LogP contribution is -2.79. The summed E-state index contributed by atoms with van der Waals surface area (Å²) in [5.74, 6) is -2.15. The number of aliphatic hydroxyl groups is 1. The van der Waals surface area contributed by atoms with Gasteiger partial charge in [-0.2, -0.15) is 0 Å². The lowest BCUT2D eigenvalue weighted by Gasteiger charge is -2.57. The van der Waals surface area contributed by atoms with Gasteiger partial charge in [0.05, 0.1) is 19.2 Å². The standard InChI is InChI=1S/C15H25N5O5/c16-9(3-4-11(17)22)13(24)20-6-2-1-5-15(20)8-19(14(15)25)10(7-21)12(18)23/h9-10,21H,1-8,16H2,(H2,17,22)(H2,18,23)/t9-,10-,15?/m0/s1. The topological polar surface area (TPSA) is 173 Å². The number of rotatable bonds is 7. The Morgan fingerprint density at radius 3 is 2.44 bits per heavy atom. The van der Waals surface area contributed by atoms with Crippen molar-refractivity contribution in [2.24, 2.45) is 17.2 Å². The highest BCUT2D eigenvalue weighted by molar-refractivity contribution is 6.00. The van der Waals surface area contributed by atoms with E-state index in [1.54, 1.807) is 0 Å².